The van der Waals surface area contributed by atoms with Crippen LogP contribution >= 0.6 is 17.7 Å². The molecule has 0 unspecified atom stereocenters. The van der Waals surface area contributed by atoms with Gasteiger partial charge in [0.15, 0.2) is 6.49 Å². The topological polar surface area (TPSA) is 17.1 Å². The van der Waals surface area contributed by atoms with Gasteiger partial charge in [-0.2, -0.15) is 0 Å². The lowest BCUT2D eigenvalue weighted by molar-refractivity contribution is 0.559. The summed E-state index contributed by atoms with van der Waals surface area (Å²) in [7, 11) is 0. The molecule has 0 aromatic rings. The lowest BCUT2D eigenvalue weighted by Gasteiger charge is -2.13. The van der Waals surface area contributed by atoms with Crippen molar-refractivity contribution in [1.29, 1.82) is 0 Å². The van der Waals surface area contributed by atoms with Gasteiger partial charge in [-0.3, -0.25) is 0 Å². The fourth-order valence-corrected chi connectivity index (χ4v) is 3.63. The average Bonchev–Trinajstić information content (AvgIpc) is 1.98. The van der Waals surface area contributed by atoms with Crippen LogP contribution in [0.25, 0.3) is 0 Å². The van der Waals surface area contributed by atoms with Crippen LogP contribution in [0.2, 0.25) is 0 Å². The van der Waals surface area contributed by atoms with Crippen molar-refractivity contribution < 1.29 is 4.57 Å². The van der Waals surface area contributed by atoms with Crippen molar-refractivity contribution in [3.05, 3.63) is 0 Å². The highest BCUT2D eigenvalue weighted by Gasteiger charge is 2.18. The van der Waals surface area contributed by atoms with Crippen molar-refractivity contribution >= 4 is 17.7 Å². The van der Waals surface area contributed by atoms with Crippen LogP contribution in [0.5, 0.6) is 0 Å². The van der Waals surface area contributed by atoms with E-state index in [-0.39, 0.29) is 0 Å². The summed E-state index contributed by atoms with van der Waals surface area (Å²) < 4.78 is 11.8. The standard InChI is InChI=1S/C10H22ClOP/c1-9(2)5-7-13(11,12)8-6-10(3)4/h9-10H,5-8H2,1-4H3. The van der Waals surface area contributed by atoms with Gasteiger partial charge in [0.2, 0.25) is 0 Å². The first-order valence-electron chi connectivity index (χ1n) is 5.11. The van der Waals surface area contributed by atoms with Crippen LogP contribution in [0.15, 0.2) is 0 Å². The summed E-state index contributed by atoms with van der Waals surface area (Å²) in [6, 6.07) is 0. The summed E-state index contributed by atoms with van der Waals surface area (Å²) in [6.45, 7) is 6.22. The highest BCUT2D eigenvalue weighted by atomic mass is 35.7. The van der Waals surface area contributed by atoms with Gasteiger partial charge in [-0.25, -0.2) is 0 Å². The van der Waals surface area contributed by atoms with Crippen molar-refractivity contribution in [2.75, 3.05) is 12.3 Å². The van der Waals surface area contributed by atoms with Crippen LogP contribution in [-0.4, -0.2) is 12.3 Å². The van der Waals surface area contributed by atoms with Crippen LogP contribution in [0.3, 0.4) is 0 Å². The first-order chi connectivity index (χ1) is 5.83. The van der Waals surface area contributed by atoms with Gasteiger partial charge in [0, 0.05) is 12.3 Å². The third-order valence-electron chi connectivity index (χ3n) is 2.08. The Labute approximate surface area is 87.4 Å². The third kappa shape index (κ3) is 8.84. The predicted octanol–water partition coefficient (Wildman–Crippen LogP) is 4.60. The molecule has 3 heteroatoms. The zero-order valence-electron chi connectivity index (χ0n) is 9.22. The van der Waals surface area contributed by atoms with E-state index in [1.54, 1.807) is 0 Å². The number of hydrogen-bond donors (Lipinski definition) is 0. The second-order valence-corrected chi connectivity index (χ2v) is 8.92. The maximum Gasteiger partial charge on any atom is 0.169 e. The summed E-state index contributed by atoms with van der Waals surface area (Å²) in [5.74, 6) is 1.21. The van der Waals surface area contributed by atoms with Crippen LogP contribution < -0.4 is 0 Å². The molecule has 0 aliphatic heterocycles. The predicted molar refractivity (Wildman–Crippen MR) is 62.1 cm³/mol. The molecule has 0 amide bonds. The monoisotopic (exact) mass is 224 g/mol. The molecule has 0 bridgehead atoms. The molecule has 0 fully saturated rings. The summed E-state index contributed by atoms with van der Waals surface area (Å²) in [6.07, 6.45) is 3.38. The van der Waals surface area contributed by atoms with Crippen LogP contribution in [0, 0.1) is 11.8 Å². The molecule has 0 aliphatic carbocycles. The SMILES string of the molecule is CC(C)CCP(=O)(Cl)CCC(C)C. The van der Waals surface area contributed by atoms with E-state index in [0.717, 1.165) is 12.8 Å². The molecule has 0 saturated carbocycles. The lowest BCUT2D eigenvalue weighted by atomic mass is 10.2. The average molecular weight is 225 g/mol. The van der Waals surface area contributed by atoms with Crippen molar-refractivity contribution in [3.63, 3.8) is 0 Å². The summed E-state index contributed by atoms with van der Waals surface area (Å²) in [4.78, 5) is 0. The molecule has 0 heterocycles. The Bertz CT molecular complexity index is 162. The van der Waals surface area contributed by atoms with Gasteiger partial charge >= 0.3 is 0 Å². The van der Waals surface area contributed by atoms with E-state index in [9.17, 15) is 4.57 Å². The second kappa shape index (κ2) is 6.09. The number of rotatable bonds is 6. The smallest absolute Gasteiger partial charge is 0.169 e. The van der Waals surface area contributed by atoms with E-state index in [4.69, 9.17) is 11.2 Å². The normalized spacial score (nSPS) is 12.8. The maximum atomic E-state index is 11.8. The molecule has 0 aliphatic rings. The number of halogens is 1. The fraction of sp³-hybridized carbons (Fsp3) is 1.00. The van der Waals surface area contributed by atoms with E-state index in [0.29, 0.717) is 24.2 Å². The fourth-order valence-electron chi connectivity index (χ4n) is 1.01. The highest BCUT2D eigenvalue weighted by molar-refractivity contribution is 7.89. The largest absolute Gasteiger partial charge is 0.307 e. The minimum atomic E-state index is -2.33. The quantitative estimate of drug-likeness (QED) is 0.603. The molecule has 80 valence electrons. The Morgan fingerprint density at radius 2 is 1.31 bits per heavy atom. The Morgan fingerprint density at radius 3 is 1.54 bits per heavy atom. The molecule has 0 radical (unpaired) electrons. The minimum absolute atomic E-state index is 0.603. The molecular formula is C10H22ClOP. The summed E-state index contributed by atoms with van der Waals surface area (Å²) in [5, 5.41) is 0. The maximum absolute atomic E-state index is 11.8. The van der Waals surface area contributed by atoms with Gasteiger partial charge in [0.1, 0.15) is 0 Å². The molecule has 0 aromatic carbocycles. The van der Waals surface area contributed by atoms with Crippen LogP contribution in [0.4, 0.5) is 0 Å². The molecule has 0 saturated heterocycles. The van der Waals surface area contributed by atoms with E-state index in [2.05, 4.69) is 27.7 Å². The van der Waals surface area contributed by atoms with Gasteiger partial charge in [-0.15, -0.1) is 0 Å². The zero-order chi connectivity index (χ0) is 10.5. The Kier molecular flexibility index (Phi) is 6.33. The Balaban J connectivity index is 3.74. The third-order valence-corrected chi connectivity index (χ3v) is 4.95. The van der Waals surface area contributed by atoms with Gasteiger partial charge in [0.25, 0.3) is 0 Å². The van der Waals surface area contributed by atoms with Crippen LogP contribution in [-0.2, 0) is 4.57 Å². The van der Waals surface area contributed by atoms with E-state index in [1.165, 1.54) is 0 Å². The summed E-state index contributed by atoms with van der Waals surface area (Å²) in [5.41, 5.74) is 0. The van der Waals surface area contributed by atoms with Gasteiger partial charge in [-0.05, 0) is 24.7 Å². The second-order valence-electron chi connectivity index (χ2n) is 4.60. The Hall–Kier alpha value is 0.520. The van der Waals surface area contributed by atoms with Gasteiger partial charge in [-0.1, -0.05) is 38.9 Å². The first kappa shape index (κ1) is 13.5. The molecule has 1 nitrogen and oxygen atoms in total. The van der Waals surface area contributed by atoms with Crippen molar-refractivity contribution in [1.82, 2.24) is 0 Å². The van der Waals surface area contributed by atoms with Crippen molar-refractivity contribution in [2.45, 2.75) is 40.5 Å². The molecule has 13 heavy (non-hydrogen) atoms. The molecule has 0 N–H and O–H groups in total. The highest BCUT2D eigenvalue weighted by Crippen LogP contribution is 2.53. The minimum Gasteiger partial charge on any atom is -0.307 e. The number of hydrogen-bond acceptors (Lipinski definition) is 1. The van der Waals surface area contributed by atoms with Crippen LogP contribution in [0.1, 0.15) is 40.5 Å². The van der Waals surface area contributed by atoms with Gasteiger partial charge < -0.3 is 4.57 Å². The first-order valence-corrected chi connectivity index (χ1v) is 8.09. The molecule has 0 spiro atoms. The lowest BCUT2D eigenvalue weighted by Crippen LogP contribution is -1.98. The summed E-state index contributed by atoms with van der Waals surface area (Å²) >= 11 is 5.98. The molecule has 0 rings (SSSR count). The van der Waals surface area contributed by atoms with Crippen molar-refractivity contribution in [2.24, 2.45) is 11.8 Å². The molecule has 0 atom stereocenters. The Morgan fingerprint density at radius 1 is 1.00 bits per heavy atom. The van der Waals surface area contributed by atoms with Crippen molar-refractivity contribution in [3.8, 4) is 0 Å². The van der Waals surface area contributed by atoms with E-state index < -0.39 is 6.49 Å². The van der Waals surface area contributed by atoms with E-state index >= 15 is 0 Å². The van der Waals surface area contributed by atoms with E-state index in [1.807, 2.05) is 0 Å². The zero-order valence-corrected chi connectivity index (χ0v) is 10.9. The molecular weight excluding hydrogens is 203 g/mol. The van der Waals surface area contributed by atoms with Gasteiger partial charge in [0.05, 0.1) is 0 Å². The molecule has 0 aromatic heterocycles.